The van der Waals surface area contributed by atoms with Crippen LogP contribution in [0.4, 0.5) is 0 Å². The van der Waals surface area contributed by atoms with Gasteiger partial charge in [-0.05, 0) is 45.0 Å². The molecule has 0 spiro atoms. The van der Waals surface area contributed by atoms with Gasteiger partial charge in [0.25, 0.3) is 5.91 Å². The summed E-state index contributed by atoms with van der Waals surface area (Å²) in [7, 11) is 0. The van der Waals surface area contributed by atoms with Gasteiger partial charge in [-0.15, -0.1) is 0 Å². The molecule has 19 heavy (non-hydrogen) atoms. The number of hydrogen-bond acceptors (Lipinski definition) is 4. The largest absolute Gasteiger partial charge is 0.491 e. The van der Waals surface area contributed by atoms with Crippen LogP contribution in [0.15, 0.2) is 24.3 Å². The second kappa shape index (κ2) is 6.54. The topological polar surface area (TPSA) is 78.8 Å². The van der Waals surface area contributed by atoms with Crippen LogP contribution in [0.3, 0.4) is 0 Å². The Bertz CT molecular complexity index is 410. The van der Waals surface area contributed by atoms with Gasteiger partial charge >= 0.3 is 0 Å². The summed E-state index contributed by atoms with van der Waals surface area (Å²) in [5.74, 6) is 0.348. The van der Waals surface area contributed by atoms with E-state index in [9.17, 15) is 4.79 Å². The molecule has 1 aromatic rings. The van der Waals surface area contributed by atoms with Gasteiger partial charge in [0.2, 0.25) is 0 Å². The van der Waals surface area contributed by atoms with Crippen LogP contribution in [0.1, 0.15) is 31.1 Å². The zero-order valence-corrected chi connectivity index (χ0v) is 11.5. The van der Waals surface area contributed by atoms with E-state index in [1.165, 1.54) is 0 Å². The van der Waals surface area contributed by atoms with E-state index >= 15 is 0 Å². The third-order valence-corrected chi connectivity index (χ3v) is 2.60. The molecule has 0 saturated heterocycles. The van der Waals surface area contributed by atoms with E-state index in [1.54, 1.807) is 31.2 Å². The molecule has 1 amide bonds. The maximum Gasteiger partial charge on any atom is 0.251 e. The van der Waals surface area contributed by atoms with Crippen LogP contribution in [0.2, 0.25) is 0 Å². The molecule has 0 fully saturated rings. The summed E-state index contributed by atoms with van der Waals surface area (Å²) in [6.45, 7) is 4.76. The Hall–Kier alpha value is -1.59. The van der Waals surface area contributed by atoms with E-state index in [0.29, 0.717) is 11.3 Å². The Kier molecular flexibility index (Phi) is 5.32. The first-order valence-electron chi connectivity index (χ1n) is 6.21. The van der Waals surface area contributed by atoms with E-state index in [4.69, 9.17) is 14.9 Å². The van der Waals surface area contributed by atoms with Crippen molar-refractivity contribution in [2.75, 3.05) is 13.2 Å². The van der Waals surface area contributed by atoms with Gasteiger partial charge < -0.3 is 20.3 Å². The number of carbonyl (C=O) groups excluding carboxylic acids is 1. The Morgan fingerprint density at radius 2 is 1.79 bits per heavy atom. The molecule has 0 heterocycles. The summed E-state index contributed by atoms with van der Waals surface area (Å²) < 4.78 is 5.48. The SMILES string of the molecule is CC(C)Oc1ccc(C(=O)NC(C)(CO)CO)cc1. The van der Waals surface area contributed by atoms with Gasteiger partial charge in [0.15, 0.2) is 0 Å². The number of hydrogen-bond donors (Lipinski definition) is 3. The van der Waals surface area contributed by atoms with Crippen LogP contribution in [-0.4, -0.2) is 41.0 Å². The lowest BCUT2D eigenvalue weighted by molar-refractivity contribution is 0.0724. The number of ether oxygens (including phenoxy) is 1. The van der Waals surface area contributed by atoms with Crippen molar-refractivity contribution in [1.82, 2.24) is 5.32 Å². The number of aliphatic hydroxyl groups excluding tert-OH is 2. The number of benzene rings is 1. The fourth-order valence-electron chi connectivity index (χ4n) is 1.43. The van der Waals surface area contributed by atoms with Crippen LogP contribution in [0.25, 0.3) is 0 Å². The lowest BCUT2D eigenvalue weighted by atomic mass is 10.0. The molecule has 1 aromatic carbocycles. The minimum absolute atomic E-state index is 0.0757. The Labute approximate surface area is 113 Å². The number of rotatable bonds is 6. The Morgan fingerprint density at radius 1 is 1.26 bits per heavy atom. The van der Waals surface area contributed by atoms with Crippen LogP contribution in [0, 0.1) is 0 Å². The molecule has 0 aliphatic carbocycles. The average molecular weight is 267 g/mol. The minimum atomic E-state index is -1.02. The van der Waals surface area contributed by atoms with E-state index < -0.39 is 5.54 Å². The molecule has 0 aliphatic rings. The summed E-state index contributed by atoms with van der Waals surface area (Å²) in [5.41, 5.74) is -0.575. The summed E-state index contributed by atoms with van der Waals surface area (Å²) in [6.07, 6.45) is 0.0757. The number of amides is 1. The molecule has 0 radical (unpaired) electrons. The molecule has 1 rings (SSSR count). The van der Waals surface area contributed by atoms with Crippen LogP contribution < -0.4 is 10.1 Å². The van der Waals surface area contributed by atoms with Crippen molar-refractivity contribution < 1.29 is 19.7 Å². The average Bonchev–Trinajstić information content (AvgIpc) is 2.38. The van der Waals surface area contributed by atoms with Crippen LogP contribution >= 0.6 is 0 Å². The highest BCUT2D eigenvalue weighted by molar-refractivity contribution is 5.94. The smallest absolute Gasteiger partial charge is 0.251 e. The first-order chi connectivity index (χ1) is 8.90. The molecular formula is C14H21NO4. The second-order valence-electron chi connectivity index (χ2n) is 5.02. The number of nitrogens with one attached hydrogen (secondary N) is 1. The van der Waals surface area contributed by atoms with Crippen LogP contribution in [-0.2, 0) is 0 Å². The number of carbonyl (C=O) groups is 1. The summed E-state index contributed by atoms with van der Waals surface area (Å²) in [4.78, 5) is 11.9. The summed E-state index contributed by atoms with van der Waals surface area (Å²) in [5, 5.41) is 20.8. The van der Waals surface area contributed by atoms with Gasteiger partial charge in [0.05, 0.1) is 24.9 Å². The molecule has 0 atom stereocenters. The van der Waals surface area contributed by atoms with Gasteiger partial charge in [-0.3, -0.25) is 4.79 Å². The number of aliphatic hydroxyl groups is 2. The standard InChI is InChI=1S/C14H21NO4/c1-10(2)19-12-6-4-11(5-7-12)13(18)15-14(3,8-16)9-17/h4-7,10,16-17H,8-9H2,1-3H3,(H,15,18). The highest BCUT2D eigenvalue weighted by Crippen LogP contribution is 2.14. The van der Waals surface area contributed by atoms with Gasteiger partial charge in [-0.25, -0.2) is 0 Å². The Morgan fingerprint density at radius 3 is 2.21 bits per heavy atom. The van der Waals surface area contributed by atoms with Crippen molar-refractivity contribution in [2.45, 2.75) is 32.4 Å². The van der Waals surface area contributed by atoms with Gasteiger partial charge in [0.1, 0.15) is 5.75 Å². The molecule has 106 valence electrons. The maximum absolute atomic E-state index is 11.9. The van der Waals surface area contributed by atoms with Gasteiger partial charge in [-0.2, -0.15) is 0 Å². The summed E-state index contributed by atoms with van der Waals surface area (Å²) >= 11 is 0. The molecule has 0 unspecified atom stereocenters. The second-order valence-corrected chi connectivity index (χ2v) is 5.02. The van der Waals surface area contributed by atoms with E-state index in [0.717, 1.165) is 0 Å². The molecular weight excluding hydrogens is 246 g/mol. The van der Waals surface area contributed by atoms with Crippen molar-refractivity contribution in [1.29, 1.82) is 0 Å². The molecule has 0 aromatic heterocycles. The first-order valence-corrected chi connectivity index (χ1v) is 6.21. The Balaban J connectivity index is 2.73. The summed E-state index contributed by atoms with van der Waals surface area (Å²) in [6, 6.07) is 6.71. The van der Waals surface area contributed by atoms with Crippen LogP contribution in [0.5, 0.6) is 5.75 Å². The van der Waals surface area contributed by atoms with Crippen molar-refractivity contribution in [3.05, 3.63) is 29.8 Å². The quantitative estimate of drug-likeness (QED) is 0.717. The van der Waals surface area contributed by atoms with Crippen molar-refractivity contribution >= 4 is 5.91 Å². The van der Waals surface area contributed by atoms with E-state index in [-0.39, 0.29) is 25.2 Å². The highest BCUT2D eigenvalue weighted by Gasteiger charge is 2.25. The van der Waals surface area contributed by atoms with Gasteiger partial charge in [-0.1, -0.05) is 0 Å². The fourth-order valence-corrected chi connectivity index (χ4v) is 1.43. The van der Waals surface area contributed by atoms with Crippen molar-refractivity contribution in [3.63, 3.8) is 0 Å². The zero-order valence-electron chi connectivity index (χ0n) is 11.5. The lowest BCUT2D eigenvalue weighted by Gasteiger charge is -2.26. The van der Waals surface area contributed by atoms with Crippen molar-refractivity contribution in [2.24, 2.45) is 0 Å². The van der Waals surface area contributed by atoms with E-state index in [2.05, 4.69) is 5.32 Å². The molecule has 5 nitrogen and oxygen atoms in total. The highest BCUT2D eigenvalue weighted by atomic mass is 16.5. The lowest BCUT2D eigenvalue weighted by Crippen LogP contribution is -2.51. The fraction of sp³-hybridized carbons (Fsp3) is 0.500. The van der Waals surface area contributed by atoms with E-state index in [1.807, 2.05) is 13.8 Å². The zero-order chi connectivity index (χ0) is 14.5. The maximum atomic E-state index is 11.9. The molecule has 0 aliphatic heterocycles. The first kappa shape index (κ1) is 15.5. The molecule has 0 saturated carbocycles. The third-order valence-electron chi connectivity index (χ3n) is 2.60. The minimum Gasteiger partial charge on any atom is -0.491 e. The monoisotopic (exact) mass is 267 g/mol. The molecule has 5 heteroatoms. The molecule has 0 bridgehead atoms. The molecule has 3 N–H and O–H groups in total. The predicted octanol–water partition coefficient (Wildman–Crippen LogP) is 0.947. The predicted molar refractivity (Wildman–Crippen MR) is 72.2 cm³/mol. The third kappa shape index (κ3) is 4.54. The van der Waals surface area contributed by atoms with Crippen molar-refractivity contribution in [3.8, 4) is 5.75 Å². The normalized spacial score (nSPS) is 11.5. The van der Waals surface area contributed by atoms with Gasteiger partial charge in [0, 0.05) is 5.56 Å².